The third-order valence-corrected chi connectivity index (χ3v) is 4.62. The fourth-order valence-corrected chi connectivity index (χ4v) is 3.15. The second kappa shape index (κ2) is 5.35. The predicted molar refractivity (Wildman–Crippen MR) is 83.6 cm³/mol. The van der Waals surface area contributed by atoms with Gasteiger partial charge in [-0.25, -0.2) is 0 Å². The van der Waals surface area contributed by atoms with Crippen molar-refractivity contribution in [2.45, 2.75) is 26.3 Å². The van der Waals surface area contributed by atoms with Gasteiger partial charge in [0.2, 0.25) is 5.95 Å². The molecule has 0 N–H and O–H groups in total. The van der Waals surface area contributed by atoms with E-state index in [2.05, 4.69) is 31.6 Å². The molecule has 4 rings (SSSR count). The molecule has 1 aliphatic heterocycles. The fourth-order valence-electron chi connectivity index (χ4n) is 3.15. The smallest absolute Gasteiger partial charge is 0.227 e. The summed E-state index contributed by atoms with van der Waals surface area (Å²) in [6.07, 6.45) is 4.32. The first-order valence-electron chi connectivity index (χ1n) is 7.99. The lowest BCUT2D eigenvalue weighted by molar-refractivity contribution is 0.116. The van der Waals surface area contributed by atoms with E-state index in [0.29, 0.717) is 5.41 Å². The van der Waals surface area contributed by atoms with Gasteiger partial charge in [0, 0.05) is 31.2 Å². The minimum Gasteiger partial charge on any atom is -0.379 e. The summed E-state index contributed by atoms with van der Waals surface area (Å²) < 4.78 is 7.93. The maximum absolute atomic E-state index is 5.78. The van der Waals surface area contributed by atoms with Gasteiger partial charge in [0.15, 0.2) is 5.82 Å². The van der Waals surface area contributed by atoms with Crippen molar-refractivity contribution in [3.05, 3.63) is 24.4 Å². The third kappa shape index (κ3) is 2.37. The summed E-state index contributed by atoms with van der Waals surface area (Å²) in [6.45, 7) is 6.50. The number of pyridine rings is 1. The Labute approximate surface area is 130 Å². The van der Waals surface area contributed by atoms with E-state index >= 15 is 0 Å². The maximum Gasteiger partial charge on any atom is 0.227 e. The highest BCUT2D eigenvalue weighted by atomic mass is 16.5. The van der Waals surface area contributed by atoms with Gasteiger partial charge >= 0.3 is 0 Å². The van der Waals surface area contributed by atoms with E-state index in [0.717, 1.165) is 50.3 Å². The van der Waals surface area contributed by atoms with Crippen molar-refractivity contribution in [3.63, 3.8) is 0 Å². The van der Waals surface area contributed by atoms with E-state index in [1.54, 1.807) is 6.20 Å². The molecule has 6 heteroatoms. The highest BCUT2D eigenvalue weighted by Crippen LogP contribution is 2.47. The van der Waals surface area contributed by atoms with Crippen LogP contribution in [0.3, 0.4) is 0 Å². The average molecular weight is 299 g/mol. The summed E-state index contributed by atoms with van der Waals surface area (Å²) in [7, 11) is 0. The minimum absolute atomic E-state index is 0.353. The molecule has 2 aromatic rings. The van der Waals surface area contributed by atoms with Gasteiger partial charge < -0.3 is 9.64 Å². The van der Waals surface area contributed by atoms with Crippen LogP contribution in [0.15, 0.2) is 24.4 Å². The molecule has 2 fully saturated rings. The fraction of sp³-hybridized carbons (Fsp3) is 0.562. The molecular weight excluding hydrogens is 278 g/mol. The molecule has 1 saturated heterocycles. The lowest BCUT2D eigenvalue weighted by Crippen LogP contribution is -2.33. The Hall–Kier alpha value is -1.95. The molecule has 0 atom stereocenters. The van der Waals surface area contributed by atoms with Crippen molar-refractivity contribution in [3.8, 4) is 11.5 Å². The molecule has 2 aromatic heterocycles. The first kappa shape index (κ1) is 13.7. The van der Waals surface area contributed by atoms with E-state index in [4.69, 9.17) is 4.74 Å². The SMILES string of the molecule is CCn1c(-c2ccccn2)nnc1N1CCOCC2(CC2)C1. The Kier molecular flexibility index (Phi) is 3.33. The van der Waals surface area contributed by atoms with Crippen LogP contribution in [-0.4, -0.2) is 46.1 Å². The van der Waals surface area contributed by atoms with Crippen LogP contribution >= 0.6 is 0 Å². The van der Waals surface area contributed by atoms with Gasteiger partial charge in [0.1, 0.15) is 5.69 Å². The lowest BCUT2D eigenvalue weighted by atomic mass is 10.1. The number of hydrogen-bond donors (Lipinski definition) is 0. The van der Waals surface area contributed by atoms with Crippen LogP contribution in [0.1, 0.15) is 19.8 Å². The van der Waals surface area contributed by atoms with E-state index in [-0.39, 0.29) is 0 Å². The van der Waals surface area contributed by atoms with Gasteiger partial charge in [-0.15, -0.1) is 10.2 Å². The summed E-state index contributed by atoms with van der Waals surface area (Å²) >= 11 is 0. The van der Waals surface area contributed by atoms with Crippen molar-refractivity contribution >= 4 is 5.95 Å². The molecule has 1 saturated carbocycles. The molecule has 22 heavy (non-hydrogen) atoms. The minimum atomic E-state index is 0.353. The first-order chi connectivity index (χ1) is 10.8. The number of hydrogen-bond acceptors (Lipinski definition) is 5. The summed E-state index contributed by atoms with van der Waals surface area (Å²) in [5.74, 6) is 1.79. The topological polar surface area (TPSA) is 56.1 Å². The van der Waals surface area contributed by atoms with Crippen LogP contribution in [0.5, 0.6) is 0 Å². The average Bonchev–Trinajstić information content (AvgIpc) is 3.25. The van der Waals surface area contributed by atoms with E-state index in [1.165, 1.54) is 12.8 Å². The number of rotatable bonds is 3. The first-order valence-corrected chi connectivity index (χ1v) is 7.99. The van der Waals surface area contributed by atoms with Gasteiger partial charge in [-0.3, -0.25) is 9.55 Å². The molecule has 0 unspecified atom stereocenters. The number of nitrogens with zero attached hydrogens (tertiary/aromatic N) is 5. The van der Waals surface area contributed by atoms with Gasteiger partial charge in [0.25, 0.3) is 0 Å². The zero-order valence-corrected chi connectivity index (χ0v) is 12.9. The normalized spacial score (nSPS) is 20.1. The molecule has 2 aliphatic rings. The summed E-state index contributed by atoms with van der Waals surface area (Å²) in [5, 5.41) is 8.86. The molecule has 0 amide bonds. The largest absolute Gasteiger partial charge is 0.379 e. The Balaban J connectivity index is 1.68. The van der Waals surface area contributed by atoms with Gasteiger partial charge in [-0.1, -0.05) is 6.07 Å². The van der Waals surface area contributed by atoms with Crippen LogP contribution in [0, 0.1) is 5.41 Å². The van der Waals surface area contributed by atoms with Crippen LogP contribution in [-0.2, 0) is 11.3 Å². The summed E-state index contributed by atoms with van der Waals surface area (Å²) in [6, 6.07) is 5.88. The molecule has 1 aliphatic carbocycles. The second-order valence-corrected chi connectivity index (χ2v) is 6.26. The maximum atomic E-state index is 5.78. The van der Waals surface area contributed by atoms with Crippen molar-refractivity contribution < 1.29 is 4.74 Å². The molecule has 116 valence electrons. The Morgan fingerprint density at radius 3 is 2.91 bits per heavy atom. The van der Waals surface area contributed by atoms with E-state index in [9.17, 15) is 0 Å². The summed E-state index contributed by atoms with van der Waals surface area (Å²) in [5.41, 5.74) is 1.22. The van der Waals surface area contributed by atoms with Crippen LogP contribution < -0.4 is 4.90 Å². The second-order valence-electron chi connectivity index (χ2n) is 6.26. The number of aromatic nitrogens is 4. The Morgan fingerprint density at radius 1 is 1.27 bits per heavy atom. The lowest BCUT2D eigenvalue weighted by Gasteiger charge is -2.24. The zero-order chi connectivity index (χ0) is 15.0. The zero-order valence-electron chi connectivity index (χ0n) is 12.9. The van der Waals surface area contributed by atoms with Gasteiger partial charge in [-0.05, 0) is 31.9 Å². The van der Waals surface area contributed by atoms with E-state index in [1.807, 2.05) is 18.2 Å². The number of ether oxygens (including phenoxy) is 1. The molecule has 1 spiro atoms. The molecule has 6 nitrogen and oxygen atoms in total. The molecule has 0 aromatic carbocycles. The highest BCUT2D eigenvalue weighted by molar-refractivity contribution is 5.52. The van der Waals surface area contributed by atoms with Crippen molar-refractivity contribution in [2.75, 3.05) is 31.2 Å². The van der Waals surface area contributed by atoms with Crippen LogP contribution in [0.2, 0.25) is 0 Å². The Morgan fingerprint density at radius 2 is 2.18 bits per heavy atom. The Bertz CT molecular complexity index is 650. The van der Waals surface area contributed by atoms with Crippen LogP contribution in [0.25, 0.3) is 11.5 Å². The van der Waals surface area contributed by atoms with Crippen LogP contribution in [0.4, 0.5) is 5.95 Å². The van der Waals surface area contributed by atoms with Crippen molar-refractivity contribution in [2.24, 2.45) is 5.41 Å². The molecule has 0 bridgehead atoms. The predicted octanol–water partition coefficient (Wildman–Crippen LogP) is 1.98. The van der Waals surface area contributed by atoms with Crippen molar-refractivity contribution in [1.29, 1.82) is 0 Å². The number of anilines is 1. The quantitative estimate of drug-likeness (QED) is 0.867. The summed E-state index contributed by atoms with van der Waals surface area (Å²) in [4.78, 5) is 6.75. The van der Waals surface area contributed by atoms with Gasteiger partial charge in [-0.2, -0.15) is 0 Å². The standard InChI is InChI=1S/C16H21N5O/c1-2-21-14(13-5-3-4-8-17-13)18-19-15(21)20-9-10-22-12-16(11-20)6-7-16/h3-5,8H,2,6-7,9-12H2,1H3. The van der Waals surface area contributed by atoms with Gasteiger partial charge in [0.05, 0.1) is 13.2 Å². The van der Waals surface area contributed by atoms with E-state index < -0.39 is 0 Å². The van der Waals surface area contributed by atoms with Crippen molar-refractivity contribution in [1.82, 2.24) is 19.7 Å². The highest BCUT2D eigenvalue weighted by Gasteiger charge is 2.46. The monoisotopic (exact) mass is 299 g/mol. The molecule has 0 radical (unpaired) electrons. The molecule has 3 heterocycles. The molecular formula is C16H21N5O. The third-order valence-electron chi connectivity index (χ3n) is 4.62.